The lowest BCUT2D eigenvalue weighted by Crippen LogP contribution is -2.00. The molecule has 4 heterocycles. The summed E-state index contributed by atoms with van der Waals surface area (Å²) in [7, 11) is 0. The molecule has 0 amide bonds. The summed E-state index contributed by atoms with van der Waals surface area (Å²) in [4.78, 5) is 15.7. The van der Waals surface area contributed by atoms with Crippen LogP contribution in [0.25, 0.3) is 139 Å². The molecule has 0 saturated heterocycles. The van der Waals surface area contributed by atoms with E-state index in [9.17, 15) is 0 Å². The van der Waals surface area contributed by atoms with E-state index in [-0.39, 0.29) is 0 Å². The van der Waals surface area contributed by atoms with E-state index < -0.39 is 0 Å². The Labute approximate surface area is 396 Å². The van der Waals surface area contributed by atoms with Crippen LogP contribution in [0.2, 0.25) is 0 Å². The molecule has 0 radical (unpaired) electrons. The second kappa shape index (κ2) is 15.6. The van der Waals surface area contributed by atoms with Gasteiger partial charge >= 0.3 is 0 Å². The van der Waals surface area contributed by atoms with Crippen LogP contribution in [-0.4, -0.2) is 19.5 Å². The molecule has 0 unspecified atom stereocenters. The van der Waals surface area contributed by atoms with Crippen LogP contribution in [0.1, 0.15) is 0 Å². The number of rotatable bonds is 7. The van der Waals surface area contributed by atoms with Crippen LogP contribution in [0, 0.1) is 0 Å². The van der Waals surface area contributed by atoms with Crippen molar-refractivity contribution in [1.29, 1.82) is 0 Å². The first-order valence-corrected chi connectivity index (χ1v) is 23.2. The van der Waals surface area contributed by atoms with E-state index in [1.807, 2.05) is 60.7 Å². The Balaban J connectivity index is 0.952. The standard InChI is InChI=1S/C63H38N4O2/c1-5-16-39(17-6-1)42-29-32-53-51(34-42)47-31-28-44(37-54(47)67(53)46-22-11-4-12-23-46)43-30-33-56-52(35-43)60-49(25-15-27-57(60)68-56)63-65-61(41-20-9-3-10-21-41)64-62(66-63)45-36-50(40-18-7-2-8-19-40)59-48-24-13-14-26-55(48)69-58(59)38-45/h1-38H. The van der Waals surface area contributed by atoms with E-state index >= 15 is 0 Å². The monoisotopic (exact) mass is 882 g/mol. The zero-order chi connectivity index (χ0) is 45.4. The van der Waals surface area contributed by atoms with Crippen LogP contribution in [0.15, 0.2) is 239 Å². The number of hydrogen-bond donors (Lipinski definition) is 0. The maximum Gasteiger partial charge on any atom is 0.164 e. The van der Waals surface area contributed by atoms with Gasteiger partial charge in [0, 0.05) is 54.7 Å². The van der Waals surface area contributed by atoms with Gasteiger partial charge in [-0.15, -0.1) is 0 Å². The number of fused-ring (bicyclic) bond motifs is 9. The van der Waals surface area contributed by atoms with Crippen molar-refractivity contribution in [2.24, 2.45) is 0 Å². The highest BCUT2D eigenvalue weighted by atomic mass is 16.3. The summed E-state index contributed by atoms with van der Waals surface area (Å²) in [5.41, 5.74) is 15.8. The van der Waals surface area contributed by atoms with Crippen LogP contribution >= 0.6 is 0 Å². The molecule has 0 saturated carbocycles. The summed E-state index contributed by atoms with van der Waals surface area (Å²) in [5.74, 6) is 1.67. The van der Waals surface area contributed by atoms with Gasteiger partial charge in [-0.2, -0.15) is 0 Å². The topological polar surface area (TPSA) is 69.9 Å². The average molecular weight is 883 g/mol. The molecule has 0 spiro atoms. The predicted octanol–water partition coefficient (Wildman–Crippen LogP) is 16.8. The normalized spacial score (nSPS) is 11.8. The second-order valence-electron chi connectivity index (χ2n) is 17.5. The van der Waals surface area contributed by atoms with Gasteiger partial charge in [0.2, 0.25) is 0 Å². The molecule has 0 aliphatic heterocycles. The maximum absolute atomic E-state index is 6.62. The molecule has 6 nitrogen and oxygen atoms in total. The first-order chi connectivity index (χ1) is 34.2. The number of benzene rings is 10. The molecule has 0 bridgehead atoms. The number of hydrogen-bond acceptors (Lipinski definition) is 5. The Morgan fingerprint density at radius 3 is 1.64 bits per heavy atom. The third kappa shape index (κ3) is 6.45. The van der Waals surface area contributed by atoms with Crippen LogP contribution in [0.4, 0.5) is 0 Å². The Morgan fingerprint density at radius 1 is 0.275 bits per heavy atom. The smallest absolute Gasteiger partial charge is 0.164 e. The van der Waals surface area contributed by atoms with Crippen LogP contribution in [0.3, 0.4) is 0 Å². The largest absolute Gasteiger partial charge is 0.456 e. The number of furan rings is 2. The minimum absolute atomic E-state index is 0.543. The molecular formula is C63H38N4O2. The molecule has 0 N–H and O–H groups in total. The lowest BCUT2D eigenvalue weighted by molar-refractivity contribution is 0.668. The van der Waals surface area contributed by atoms with Gasteiger partial charge in [0.15, 0.2) is 17.5 Å². The molecule has 0 aliphatic carbocycles. The molecule has 69 heavy (non-hydrogen) atoms. The Kier molecular flexibility index (Phi) is 8.79. The summed E-state index contributed by atoms with van der Waals surface area (Å²) in [5, 5.41) is 6.45. The Hall–Kier alpha value is -9.39. The fourth-order valence-electron chi connectivity index (χ4n) is 10.2. The van der Waals surface area contributed by atoms with Gasteiger partial charge in [-0.1, -0.05) is 164 Å². The third-order valence-electron chi connectivity index (χ3n) is 13.4. The van der Waals surface area contributed by atoms with Crippen molar-refractivity contribution in [2.75, 3.05) is 0 Å². The van der Waals surface area contributed by atoms with Crippen LogP contribution in [0.5, 0.6) is 0 Å². The van der Waals surface area contributed by atoms with E-state index in [0.717, 1.165) is 99.5 Å². The lowest BCUT2D eigenvalue weighted by atomic mass is 9.96. The molecule has 0 fully saturated rings. The van der Waals surface area contributed by atoms with Gasteiger partial charge in [-0.05, 0) is 100 Å². The molecule has 14 rings (SSSR count). The molecular weight excluding hydrogens is 845 g/mol. The van der Waals surface area contributed by atoms with Crippen molar-refractivity contribution in [3.05, 3.63) is 231 Å². The highest BCUT2D eigenvalue weighted by molar-refractivity contribution is 6.15. The van der Waals surface area contributed by atoms with Gasteiger partial charge in [-0.3, -0.25) is 0 Å². The Morgan fingerprint density at radius 2 is 0.841 bits per heavy atom. The van der Waals surface area contributed by atoms with Gasteiger partial charge in [-0.25, -0.2) is 15.0 Å². The maximum atomic E-state index is 6.62. The molecule has 6 heteroatoms. The van der Waals surface area contributed by atoms with Gasteiger partial charge in [0.05, 0.1) is 11.0 Å². The quantitative estimate of drug-likeness (QED) is 0.159. The highest BCUT2D eigenvalue weighted by Crippen LogP contribution is 2.43. The van der Waals surface area contributed by atoms with E-state index in [2.05, 4.69) is 174 Å². The molecule has 14 aromatic rings. The minimum atomic E-state index is 0.543. The van der Waals surface area contributed by atoms with E-state index in [1.165, 1.54) is 21.9 Å². The van der Waals surface area contributed by atoms with Crippen molar-refractivity contribution in [3.8, 4) is 73.2 Å². The summed E-state index contributed by atoms with van der Waals surface area (Å²) in [6.07, 6.45) is 0. The predicted molar refractivity (Wildman–Crippen MR) is 281 cm³/mol. The SMILES string of the molecule is c1ccc(-c2ccc3c(c2)c2ccc(-c4ccc5oc6cccc(-c7nc(-c8ccccc8)nc(-c8cc(-c9ccccc9)c9c(c8)oc8ccccc89)n7)c6c5c4)cc2n3-c2ccccc2)cc1. The first-order valence-electron chi connectivity index (χ1n) is 23.2. The van der Waals surface area contributed by atoms with Crippen molar-refractivity contribution in [3.63, 3.8) is 0 Å². The second-order valence-corrected chi connectivity index (χ2v) is 17.5. The Bertz CT molecular complexity index is 4290. The van der Waals surface area contributed by atoms with Crippen molar-refractivity contribution in [1.82, 2.24) is 19.5 Å². The van der Waals surface area contributed by atoms with E-state index in [1.54, 1.807) is 0 Å². The molecule has 0 aliphatic rings. The van der Waals surface area contributed by atoms with Crippen molar-refractivity contribution < 1.29 is 8.83 Å². The summed E-state index contributed by atoms with van der Waals surface area (Å²) in [6, 6.07) is 80.5. The average Bonchev–Trinajstić information content (AvgIpc) is 4.10. The summed E-state index contributed by atoms with van der Waals surface area (Å²) >= 11 is 0. The first kappa shape index (κ1) is 38.8. The lowest BCUT2D eigenvalue weighted by Gasteiger charge is -2.11. The third-order valence-corrected chi connectivity index (χ3v) is 13.4. The number of para-hydroxylation sites is 2. The molecule has 322 valence electrons. The van der Waals surface area contributed by atoms with E-state index in [4.69, 9.17) is 23.8 Å². The minimum Gasteiger partial charge on any atom is -0.456 e. The zero-order valence-corrected chi connectivity index (χ0v) is 37.0. The molecule has 0 atom stereocenters. The van der Waals surface area contributed by atoms with Gasteiger partial charge in [0.1, 0.15) is 22.3 Å². The number of nitrogens with zero attached hydrogens (tertiary/aromatic N) is 4. The summed E-state index contributed by atoms with van der Waals surface area (Å²) < 4.78 is 15.6. The van der Waals surface area contributed by atoms with Crippen LogP contribution < -0.4 is 0 Å². The zero-order valence-electron chi connectivity index (χ0n) is 37.0. The fraction of sp³-hybridized carbons (Fsp3) is 0. The highest BCUT2D eigenvalue weighted by Gasteiger charge is 2.22. The summed E-state index contributed by atoms with van der Waals surface area (Å²) in [6.45, 7) is 0. The van der Waals surface area contributed by atoms with Gasteiger partial charge < -0.3 is 13.4 Å². The fourth-order valence-corrected chi connectivity index (χ4v) is 10.2. The van der Waals surface area contributed by atoms with Crippen molar-refractivity contribution in [2.45, 2.75) is 0 Å². The van der Waals surface area contributed by atoms with E-state index in [0.29, 0.717) is 17.5 Å². The van der Waals surface area contributed by atoms with Crippen molar-refractivity contribution >= 4 is 65.7 Å². The van der Waals surface area contributed by atoms with Crippen LogP contribution in [-0.2, 0) is 0 Å². The number of aromatic nitrogens is 4. The molecule has 4 aromatic heterocycles. The molecule has 10 aromatic carbocycles. The van der Waals surface area contributed by atoms with Gasteiger partial charge in [0.25, 0.3) is 0 Å².